The molecule has 0 radical (unpaired) electrons. The van der Waals surface area contributed by atoms with E-state index < -0.39 is 0 Å². The highest BCUT2D eigenvalue weighted by atomic mass is 32.2. The quantitative estimate of drug-likeness (QED) is 0.384. The van der Waals surface area contributed by atoms with E-state index in [0.717, 1.165) is 37.6 Å². The Balaban J connectivity index is 1.49. The molecule has 2 aromatic carbocycles. The van der Waals surface area contributed by atoms with Crippen LogP contribution < -0.4 is 10.2 Å². The van der Waals surface area contributed by atoms with Crippen LogP contribution in [0.25, 0.3) is 5.69 Å². The van der Waals surface area contributed by atoms with E-state index in [2.05, 4.69) is 51.6 Å². The lowest BCUT2D eigenvalue weighted by molar-refractivity contribution is -0.118. The number of hydrogen-bond donors (Lipinski definition) is 1. The molecule has 33 heavy (non-hydrogen) atoms. The van der Waals surface area contributed by atoms with Gasteiger partial charge in [-0.05, 0) is 56.2 Å². The smallest absolute Gasteiger partial charge is 0.232 e. The predicted octanol–water partition coefficient (Wildman–Crippen LogP) is 4.75. The number of ketones is 1. The second-order valence-corrected chi connectivity index (χ2v) is 9.52. The summed E-state index contributed by atoms with van der Waals surface area (Å²) in [6.45, 7) is 7.68. The van der Waals surface area contributed by atoms with Crippen molar-refractivity contribution >= 4 is 35.1 Å². The van der Waals surface area contributed by atoms with E-state index in [0.29, 0.717) is 16.4 Å². The van der Waals surface area contributed by atoms with Gasteiger partial charge in [0, 0.05) is 30.3 Å². The van der Waals surface area contributed by atoms with E-state index in [-0.39, 0.29) is 23.4 Å². The fraction of sp³-hybridized carbons (Fsp3) is 0.360. The zero-order valence-electron chi connectivity index (χ0n) is 19.2. The van der Waals surface area contributed by atoms with E-state index in [1.807, 2.05) is 18.4 Å². The number of carbonyl (C=O) groups is 2. The highest BCUT2D eigenvalue weighted by Crippen LogP contribution is 2.29. The number of rotatable bonds is 8. The number of carbonyl (C=O) groups excluding carboxylic acids is 2. The zero-order valence-corrected chi connectivity index (χ0v) is 20.1. The third-order valence-corrected chi connectivity index (χ3v) is 6.56. The lowest BCUT2D eigenvalue weighted by atomic mass is 10.1. The minimum absolute atomic E-state index is 0.00270. The van der Waals surface area contributed by atoms with Gasteiger partial charge in [-0.1, -0.05) is 43.3 Å². The van der Waals surface area contributed by atoms with Crippen LogP contribution in [0.1, 0.15) is 42.6 Å². The van der Waals surface area contributed by atoms with Gasteiger partial charge in [-0.25, -0.2) is 0 Å². The Kier molecular flexibility index (Phi) is 7.13. The highest BCUT2D eigenvalue weighted by Gasteiger charge is 2.23. The maximum atomic E-state index is 12.8. The summed E-state index contributed by atoms with van der Waals surface area (Å²) in [5, 5.41) is 12.4. The predicted molar refractivity (Wildman–Crippen MR) is 133 cm³/mol. The summed E-state index contributed by atoms with van der Waals surface area (Å²) in [5.74, 6) is 0.939. The van der Waals surface area contributed by atoms with Crippen LogP contribution in [-0.2, 0) is 4.79 Å². The summed E-state index contributed by atoms with van der Waals surface area (Å²) in [6, 6.07) is 15.3. The Bertz CT molecular complexity index is 1120. The molecule has 1 aliphatic rings. The molecule has 8 heteroatoms. The topological polar surface area (TPSA) is 80.1 Å². The maximum absolute atomic E-state index is 12.8. The zero-order chi connectivity index (χ0) is 23.4. The Morgan fingerprint density at radius 3 is 2.30 bits per heavy atom. The fourth-order valence-electron chi connectivity index (χ4n) is 3.64. The van der Waals surface area contributed by atoms with Crippen LogP contribution in [0.3, 0.4) is 0 Å². The standard InChI is InChI=1S/C25H29N5O2S/c1-17(2)23(32)26-20-10-8-19(9-11-20)22(31)16-33-25-28-27-24(29-14-4-5-15-29)30(25)21-12-6-18(3)7-13-21/h6-13,17H,4-5,14-16H2,1-3H3,(H,26,32). The van der Waals surface area contributed by atoms with E-state index in [1.54, 1.807) is 24.3 Å². The minimum atomic E-state index is -0.0981. The number of nitrogens with zero attached hydrogens (tertiary/aromatic N) is 4. The van der Waals surface area contributed by atoms with Crippen LogP contribution in [0.5, 0.6) is 0 Å². The van der Waals surface area contributed by atoms with Gasteiger partial charge in [0.1, 0.15) is 0 Å². The average Bonchev–Trinajstić information content (AvgIpc) is 3.48. The third-order valence-electron chi connectivity index (χ3n) is 5.63. The molecule has 2 heterocycles. The molecule has 1 N–H and O–H groups in total. The maximum Gasteiger partial charge on any atom is 0.232 e. The number of nitrogens with one attached hydrogen (secondary N) is 1. The van der Waals surface area contributed by atoms with Crippen LogP contribution in [0, 0.1) is 12.8 Å². The molecule has 7 nitrogen and oxygen atoms in total. The molecule has 0 atom stereocenters. The second-order valence-electron chi connectivity index (χ2n) is 8.58. The molecule has 0 spiro atoms. The van der Waals surface area contributed by atoms with Crippen molar-refractivity contribution in [3.63, 3.8) is 0 Å². The molecule has 4 rings (SSSR count). The first kappa shape index (κ1) is 23.0. The van der Waals surface area contributed by atoms with Gasteiger partial charge in [-0.2, -0.15) is 0 Å². The molecule has 1 saturated heterocycles. The van der Waals surface area contributed by atoms with Crippen molar-refractivity contribution in [1.82, 2.24) is 14.8 Å². The normalized spacial score (nSPS) is 13.5. The molecule has 1 fully saturated rings. The van der Waals surface area contributed by atoms with Crippen molar-refractivity contribution in [3.05, 3.63) is 59.7 Å². The number of benzene rings is 2. The summed E-state index contributed by atoms with van der Waals surface area (Å²) in [4.78, 5) is 26.9. The molecule has 0 bridgehead atoms. The van der Waals surface area contributed by atoms with Gasteiger partial charge in [-0.3, -0.25) is 14.2 Å². The first-order valence-electron chi connectivity index (χ1n) is 11.3. The number of Topliss-reactive ketones (excluding diaryl/α,β-unsaturated/α-hetero) is 1. The van der Waals surface area contributed by atoms with Crippen molar-refractivity contribution in [3.8, 4) is 5.69 Å². The van der Waals surface area contributed by atoms with Crippen molar-refractivity contribution < 1.29 is 9.59 Å². The van der Waals surface area contributed by atoms with E-state index in [4.69, 9.17) is 0 Å². The average molecular weight is 464 g/mol. The molecule has 1 amide bonds. The summed E-state index contributed by atoms with van der Waals surface area (Å²) >= 11 is 1.39. The Morgan fingerprint density at radius 1 is 1.00 bits per heavy atom. The van der Waals surface area contributed by atoms with Crippen LogP contribution in [0.2, 0.25) is 0 Å². The highest BCUT2D eigenvalue weighted by molar-refractivity contribution is 7.99. The van der Waals surface area contributed by atoms with Gasteiger partial charge < -0.3 is 10.2 Å². The van der Waals surface area contributed by atoms with E-state index >= 15 is 0 Å². The van der Waals surface area contributed by atoms with Gasteiger partial charge in [-0.15, -0.1) is 10.2 Å². The van der Waals surface area contributed by atoms with E-state index in [1.165, 1.54) is 17.3 Å². The number of thioether (sulfide) groups is 1. The van der Waals surface area contributed by atoms with Crippen LogP contribution >= 0.6 is 11.8 Å². The lowest BCUT2D eigenvalue weighted by Crippen LogP contribution is -2.22. The number of aryl methyl sites for hydroxylation is 1. The summed E-state index contributed by atoms with van der Waals surface area (Å²) < 4.78 is 2.05. The van der Waals surface area contributed by atoms with E-state index in [9.17, 15) is 9.59 Å². The Labute approximate surface area is 198 Å². The van der Waals surface area contributed by atoms with Crippen LogP contribution in [0.15, 0.2) is 53.7 Å². The molecule has 3 aromatic rings. The molecule has 1 aromatic heterocycles. The molecule has 1 aliphatic heterocycles. The molecule has 0 aliphatic carbocycles. The first-order chi connectivity index (χ1) is 15.9. The number of hydrogen-bond acceptors (Lipinski definition) is 6. The lowest BCUT2D eigenvalue weighted by Gasteiger charge is -2.18. The molecular weight excluding hydrogens is 434 g/mol. The van der Waals surface area contributed by atoms with Gasteiger partial charge in [0.25, 0.3) is 0 Å². The van der Waals surface area contributed by atoms with Crippen LogP contribution in [-0.4, -0.2) is 45.3 Å². The second kappa shape index (κ2) is 10.2. The van der Waals surface area contributed by atoms with Crippen LogP contribution in [0.4, 0.5) is 11.6 Å². The largest absolute Gasteiger partial charge is 0.341 e. The fourth-order valence-corrected chi connectivity index (χ4v) is 4.48. The molecular formula is C25H29N5O2S. The molecule has 0 saturated carbocycles. The Hall–Kier alpha value is -3.13. The molecule has 172 valence electrons. The van der Waals surface area contributed by atoms with Gasteiger partial charge in [0.05, 0.1) is 11.4 Å². The number of anilines is 2. The first-order valence-corrected chi connectivity index (χ1v) is 12.3. The number of aromatic nitrogens is 3. The van der Waals surface area contributed by atoms with Gasteiger partial charge in [0.2, 0.25) is 11.9 Å². The molecule has 0 unspecified atom stereocenters. The van der Waals surface area contributed by atoms with Crippen molar-refractivity contribution in [2.45, 2.75) is 38.8 Å². The third kappa shape index (κ3) is 5.45. The van der Waals surface area contributed by atoms with Gasteiger partial charge >= 0.3 is 0 Å². The SMILES string of the molecule is Cc1ccc(-n2c(SCC(=O)c3ccc(NC(=O)C(C)C)cc3)nnc2N2CCCC2)cc1. The van der Waals surface area contributed by atoms with Gasteiger partial charge in [0.15, 0.2) is 10.9 Å². The van der Waals surface area contributed by atoms with Crippen molar-refractivity contribution in [2.24, 2.45) is 5.92 Å². The monoisotopic (exact) mass is 463 g/mol. The summed E-state index contributed by atoms with van der Waals surface area (Å²) in [6.07, 6.45) is 2.30. The number of amides is 1. The summed E-state index contributed by atoms with van der Waals surface area (Å²) in [5.41, 5.74) is 3.47. The Morgan fingerprint density at radius 2 is 1.67 bits per heavy atom. The summed E-state index contributed by atoms with van der Waals surface area (Å²) in [7, 11) is 0. The minimum Gasteiger partial charge on any atom is -0.341 e. The van der Waals surface area contributed by atoms with Crippen molar-refractivity contribution in [1.29, 1.82) is 0 Å². The van der Waals surface area contributed by atoms with Crippen molar-refractivity contribution in [2.75, 3.05) is 29.1 Å².